The summed E-state index contributed by atoms with van der Waals surface area (Å²) < 4.78 is 2.16. The maximum absolute atomic E-state index is 6.38. The molecule has 4 heteroatoms. The van der Waals surface area contributed by atoms with Crippen LogP contribution in [0.4, 0.5) is 5.82 Å². The van der Waals surface area contributed by atoms with E-state index in [1.54, 1.807) is 0 Å². The van der Waals surface area contributed by atoms with Crippen molar-refractivity contribution in [2.45, 2.75) is 52.5 Å². The van der Waals surface area contributed by atoms with E-state index in [-0.39, 0.29) is 5.41 Å². The van der Waals surface area contributed by atoms with Gasteiger partial charge in [-0.3, -0.25) is 0 Å². The average Bonchev–Trinajstić information content (AvgIpc) is 2.74. The Hall–Kier alpha value is -1.48. The SMILES string of the molecule is CCCCn1c(C(C)(C)C)nc(-c2ccc(Cl)cc2)c1N. The van der Waals surface area contributed by atoms with Gasteiger partial charge in [0.1, 0.15) is 17.3 Å². The van der Waals surface area contributed by atoms with Crippen molar-refractivity contribution < 1.29 is 0 Å². The van der Waals surface area contributed by atoms with E-state index in [2.05, 4.69) is 32.3 Å². The topological polar surface area (TPSA) is 43.8 Å². The number of unbranched alkanes of at least 4 members (excludes halogenated alkanes) is 1. The van der Waals surface area contributed by atoms with Gasteiger partial charge in [0.15, 0.2) is 0 Å². The predicted octanol–water partition coefficient (Wildman–Crippen LogP) is 4.88. The molecule has 1 aromatic carbocycles. The van der Waals surface area contributed by atoms with Crippen molar-refractivity contribution in [3.63, 3.8) is 0 Å². The lowest BCUT2D eigenvalue weighted by Crippen LogP contribution is -2.20. The van der Waals surface area contributed by atoms with Crippen LogP contribution in [0.1, 0.15) is 46.4 Å². The smallest absolute Gasteiger partial charge is 0.131 e. The summed E-state index contributed by atoms with van der Waals surface area (Å²) in [6, 6.07) is 7.69. The van der Waals surface area contributed by atoms with Crippen molar-refractivity contribution in [2.75, 3.05) is 5.73 Å². The zero-order chi connectivity index (χ0) is 15.6. The number of nitrogen functional groups attached to an aromatic ring is 1. The first kappa shape index (κ1) is 15.9. The first-order valence-corrected chi connectivity index (χ1v) is 7.84. The Morgan fingerprint density at radius 1 is 1.19 bits per heavy atom. The van der Waals surface area contributed by atoms with Crippen LogP contribution in [0.15, 0.2) is 24.3 Å². The normalized spacial score (nSPS) is 11.9. The van der Waals surface area contributed by atoms with Gasteiger partial charge in [0, 0.05) is 22.5 Å². The second-order valence-electron chi connectivity index (χ2n) is 6.43. The van der Waals surface area contributed by atoms with Crippen LogP contribution in [0.5, 0.6) is 0 Å². The van der Waals surface area contributed by atoms with Gasteiger partial charge < -0.3 is 10.3 Å². The Bertz CT molecular complexity index is 606. The van der Waals surface area contributed by atoms with E-state index in [4.69, 9.17) is 22.3 Å². The first-order chi connectivity index (χ1) is 9.84. The summed E-state index contributed by atoms with van der Waals surface area (Å²) in [5, 5.41) is 0.721. The minimum Gasteiger partial charge on any atom is -0.383 e. The van der Waals surface area contributed by atoms with Crippen molar-refractivity contribution in [3.05, 3.63) is 35.1 Å². The molecular weight excluding hydrogens is 282 g/mol. The van der Waals surface area contributed by atoms with Crippen LogP contribution in [0.25, 0.3) is 11.3 Å². The van der Waals surface area contributed by atoms with Crippen molar-refractivity contribution >= 4 is 17.4 Å². The maximum Gasteiger partial charge on any atom is 0.131 e. The fourth-order valence-electron chi connectivity index (χ4n) is 2.40. The van der Waals surface area contributed by atoms with Crippen LogP contribution in [0.2, 0.25) is 5.02 Å². The maximum atomic E-state index is 6.38. The zero-order valence-electron chi connectivity index (χ0n) is 13.3. The molecule has 0 amide bonds. The number of hydrogen-bond acceptors (Lipinski definition) is 2. The number of nitrogens with two attached hydrogens (primary N) is 1. The molecule has 21 heavy (non-hydrogen) atoms. The van der Waals surface area contributed by atoms with Gasteiger partial charge in [-0.2, -0.15) is 0 Å². The highest BCUT2D eigenvalue weighted by Crippen LogP contribution is 2.32. The number of halogens is 1. The van der Waals surface area contributed by atoms with Gasteiger partial charge in [0.05, 0.1) is 0 Å². The largest absolute Gasteiger partial charge is 0.383 e. The lowest BCUT2D eigenvalue weighted by molar-refractivity contribution is 0.491. The Morgan fingerprint density at radius 2 is 1.81 bits per heavy atom. The summed E-state index contributed by atoms with van der Waals surface area (Å²) in [6.07, 6.45) is 2.24. The second-order valence-corrected chi connectivity index (χ2v) is 6.87. The van der Waals surface area contributed by atoms with Gasteiger partial charge in [-0.1, -0.05) is 57.8 Å². The van der Waals surface area contributed by atoms with Gasteiger partial charge >= 0.3 is 0 Å². The van der Waals surface area contributed by atoms with Crippen LogP contribution in [-0.2, 0) is 12.0 Å². The summed E-state index contributed by atoms with van der Waals surface area (Å²) in [5.74, 6) is 1.79. The molecule has 1 aromatic heterocycles. The molecular formula is C17H24ClN3. The van der Waals surface area contributed by atoms with Crippen molar-refractivity contribution in [3.8, 4) is 11.3 Å². The van der Waals surface area contributed by atoms with Crippen molar-refractivity contribution in [1.82, 2.24) is 9.55 Å². The summed E-state index contributed by atoms with van der Waals surface area (Å²) in [5.41, 5.74) is 8.21. The van der Waals surface area contributed by atoms with Gasteiger partial charge in [0.2, 0.25) is 0 Å². The third kappa shape index (κ3) is 3.41. The van der Waals surface area contributed by atoms with E-state index in [1.807, 2.05) is 24.3 Å². The number of aromatic nitrogens is 2. The van der Waals surface area contributed by atoms with E-state index < -0.39 is 0 Å². The molecule has 114 valence electrons. The van der Waals surface area contributed by atoms with Crippen LogP contribution in [-0.4, -0.2) is 9.55 Å². The molecule has 0 radical (unpaired) electrons. The predicted molar refractivity (Wildman–Crippen MR) is 90.7 cm³/mol. The summed E-state index contributed by atoms with van der Waals surface area (Å²) in [4.78, 5) is 4.83. The highest BCUT2D eigenvalue weighted by molar-refractivity contribution is 6.30. The second kappa shape index (κ2) is 6.10. The summed E-state index contributed by atoms with van der Waals surface area (Å²) >= 11 is 5.96. The fraction of sp³-hybridized carbons (Fsp3) is 0.471. The molecule has 0 spiro atoms. The lowest BCUT2D eigenvalue weighted by Gasteiger charge is -2.20. The molecule has 0 aliphatic heterocycles. The van der Waals surface area contributed by atoms with Gasteiger partial charge in [0.25, 0.3) is 0 Å². The zero-order valence-corrected chi connectivity index (χ0v) is 14.0. The lowest BCUT2D eigenvalue weighted by atomic mass is 9.95. The van der Waals surface area contributed by atoms with E-state index >= 15 is 0 Å². The van der Waals surface area contributed by atoms with E-state index in [1.165, 1.54) is 0 Å². The number of anilines is 1. The molecule has 3 nitrogen and oxygen atoms in total. The average molecular weight is 306 g/mol. The van der Waals surface area contributed by atoms with E-state index in [0.29, 0.717) is 0 Å². The molecule has 2 N–H and O–H groups in total. The molecule has 1 heterocycles. The Labute approximate surface area is 132 Å². The Morgan fingerprint density at radius 3 is 2.33 bits per heavy atom. The monoisotopic (exact) mass is 305 g/mol. The molecule has 2 aromatic rings. The Balaban J connectivity index is 2.52. The van der Waals surface area contributed by atoms with E-state index in [9.17, 15) is 0 Å². The number of hydrogen-bond donors (Lipinski definition) is 1. The molecule has 0 aliphatic rings. The highest BCUT2D eigenvalue weighted by atomic mass is 35.5. The van der Waals surface area contributed by atoms with Crippen LogP contribution >= 0.6 is 11.6 Å². The molecule has 0 aliphatic carbocycles. The highest BCUT2D eigenvalue weighted by Gasteiger charge is 2.25. The number of nitrogens with zero attached hydrogens (tertiary/aromatic N) is 2. The molecule has 0 saturated carbocycles. The van der Waals surface area contributed by atoms with Gasteiger partial charge in [-0.15, -0.1) is 0 Å². The van der Waals surface area contributed by atoms with Crippen molar-refractivity contribution in [2.24, 2.45) is 0 Å². The van der Waals surface area contributed by atoms with E-state index in [0.717, 1.165) is 47.3 Å². The quantitative estimate of drug-likeness (QED) is 0.874. The molecule has 0 atom stereocenters. The van der Waals surface area contributed by atoms with Crippen LogP contribution in [0, 0.1) is 0 Å². The Kier molecular flexibility index (Phi) is 4.62. The third-order valence-electron chi connectivity index (χ3n) is 3.53. The summed E-state index contributed by atoms with van der Waals surface area (Å²) in [7, 11) is 0. The van der Waals surface area contributed by atoms with Gasteiger partial charge in [-0.05, 0) is 18.6 Å². The number of benzene rings is 1. The first-order valence-electron chi connectivity index (χ1n) is 7.47. The van der Waals surface area contributed by atoms with Gasteiger partial charge in [-0.25, -0.2) is 4.98 Å². The third-order valence-corrected chi connectivity index (χ3v) is 3.78. The van der Waals surface area contributed by atoms with Crippen LogP contribution in [0.3, 0.4) is 0 Å². The summed E-state index contributed by atoms with van der Waals surface area (Å²) in [6.45, 7) is 9.61. The van der Waals surface area contributed by atoms with Crippen LogP contribution < -0.4 is 5.73 Å². The number of imidazole rings is 1. The fourth-order valence-corrected chi connectivity index (χ4v) is 2.53. The molecule has 0 fully saturated rings. The molecule has 0 unspecified atom stereocenters. The minimum atomic E-state index is -0.0352. The molecule has 0 saturated heterocycles. The molecule has 2 rings (SSSR count). The van der Waals surface area contributed by atoms with Crippen molar-refractivity contribution in [1.29, 1.82) is 0 Å². The number of rotatable bonds is 4. The molecule has 0 bridgehead atoms. The minimum absolute atomic E-state index is 0.0352. The standard InChI is InChI=1S/C17H24ClN3/c1-5-6-11-21-15(19)14(20-16(21)17(2,3)4)12-7-9-13(18)10-8-12/h7-10H,5-6,11,19H2,1-4H3.